The van der Waals surface area contributed by atoms with Crippen LogP contribution in [0.2, 0.25) is 0 Å². The summed E-state index contributed by atoms with van der Waals surface area (Å²) in [5.41, 5.74) is 7.16. The lowest BCUT2D eigenvalue weighted by atomic mass is 10.0. The normalized spacial score (nSPS) is 17.5. The van der Waals surface area contributed by atoms with E-state index in [0.29, 0.717) is 12.6 Å². The number of nitrogens with two attached hydrogens (primary N) is 1. The number of hydrogen-bond acceptors (Lipinski definition) is 2. The van der Waals surface area contributed by atoms with Gasteiger partial charge in [-0.05, 0) is 32.3 Å². The van der Waals surface area contributed by atoms with Crippen molar-refractivity contribution in [1.82, 2.24) is 4.90 Å². The minimum absolute atomic E-state index is 0.0670. The lowest BCUT2D eigenvalue weighted by Gasteiger charge is -2.29. The van der Waals surface area contributed by atoms with Gasteiger partial charge >= 0.3 is 0 Å². The van der Waals surface area contributed by atoms with Crippen molar-refractivity contribution in [3.8, 4) is 0 Å². The maximum absolute atomic E-state index is 14.1. The highest BCUT2D eigenvalue weighted by atomic mass is 19.1. The van der Waals surface area contributed by atoms with Gasteiger partial charge < -0.3 is 5.73 Å². The molecule has 0 aliphatic heterocycles. The summed E-state index contributed by atoms with van der Waals surface area (Å²) in [5, 5.41) is 0. The van der Waals surface area contributed by atoms with Gasteiger partial charge in [-0.2, -0.15) is 0 Å². The molecule has 1 fully saturated rings. The zero-order chi connectivity index (χ0) is 12.4. The third kappa shape index (κ3) is 2.67. The molecule has 1 unspecified atom stereocenters. The van der Waals surface area contributed by atoms with Crippen molar-refractivity contribution in [3.63, 3.8) is 0 Å². The maximum Gasteiger partial charge on any atom is 0.130 e. The Morgan fingerprint density at radius 2 is 2.18 bits per heavy atom. The summed E-state index contributed by atoms with van der Waals surface area (Å²) in [7, 11) is 0. The van der Waals surface area contributed by atoms with E-state index in [0.717, 1.165) is 17.7 Å². The monoisotopic (exact) mass is 236 g/mol. The van der Waals surface area contributed by atoms with Crippen LogP contribution in [-0.4, -0.2) is 24.0 Å². The molecule has 2 rings (SSSR count). The van der Waals surface area contributed by atoms with Crippen LogP contribution in [0.25, 0.3) is 0 Å². The first-order valence-electron chi connectivity index (χ1n) is 6.36. The van der Waals surface area contributed by atoms with E-state index in [1.54, 1.807) is 0 Å². The molecule has 0 radical (unpaired) electrons. The van der Waals surface area contributed by atoms with Gasteiger partial charge in [0.2, 0.25) is 0 Å². The molecule has 94 valence electrons. The number of aryl methyl sites for hydroxylation is 1. The predicted molar refractivity (Wildman–Crippen MR) is 68.3 cm³/mol. The van der Waals surface area contributed by atoms with E-state index in [9.17, 15) is 4.39 Å². The van der Waals surface area contributed by atoms with E-state index in [2.05, 4.69) is 11.8 Å². The van der Waals surface area contributed by atoms with Crippen LogP contribution in [0, 0.1) is 12.7 Å². The zero-order valence-electron chi connectivity index (χ0n) is 10.6. The molecule has 2 nitrogen and oxygen atoms in total. The molecule has 2 N–H and O–H groups in total. The van der Waals surface area contributed by atoms with Crippen molar-refractivity contribution in [3.05, 3.63) is 35.1 Å². The average Bonchev–Trinajstić information content (AvgIpc) is 3.13. The zero-order valence-corrected chi connectivity index (χ0v) is 10.6. The smallest absolute Gasteiger partial charge is 0.130 e. The number of benzene rings is 1. The number of halogens is 1. The first-order chi connectivity index (χ1) is 8.15. The summed E-state index contributed by atoms with van der Waals surface area (Å²) in [4.78, 5) is 2.33. The van der Waals surface area contributed by atoms with E-state index in [4.69, 9.17) is 5.73 Å². The fourth-order valence-electron chi connectivity index (χ4n) is 2.42. The number of rotatable bonds is 5. The van der Waals surface area contributed by atoms with Crippen LogP contribution in [0.5, 0.6) is 0 Å². The van der Waals surface area contributed by atoms with E-state index >= 15 is 0 Å². The van der Waals surface area contributed by atoms with Gasteiger partial charge in [0.1, 0.15) is 5.82 Å². The van der Waals surface area contributed by atoms with Gasteiger partial charge in [0.15, 0.2) is 0 Å². The highest BCUT2D eigenvalue weighted by molar-refractivity contribution is 5.27. The Morgan fingerprint density at radius 1 is 1.47 bits per heavy atom. The van der Waals surface area contributed by atoms with Crippen LogP contribution < -0.4 is 5.73 Å². The van der Waals surface area contributed by atoms with Crippen molar-refractivity contribution in [2.24, 2.45) is 5.73 Å². The van der Waals surface area contributed by atoms with Gasteiger partial charge in [0.25, 0.3) is 0 Å². The summed E-state index contributed by atoms with van der Waals surface area (Å²) < 4.78 is 14.1. The molecule has 1 aliphatic rings. The molecule has 17 heavy (non-hydrogen) atoms. The predicted octanol–water partition coefficient (Wildman–Crippen LogP) is 2.62. The second kappa shape index (κ2) is 5.15. The lowest BCUT2D eigenvalue weighted by Crippen LogP contribution is -2.34. The van der Waals surface area contributed by atoms with Gasteiger partial charge in [-0.15, -0.1) is 0 Å². The van der Waals surface area contributed by atoms with Crippen LogP contribution in [0.3, 0.4) is 0 Å². The molecule has 1 aliphatic carbocycles. The first kappa shape index (κ1) is 12.5. The second-order valence-corrected chi connectivity index (χ2v) is 4.91. The molecule has 1 aromatic carbocycles. The largest absolute Gasteiger partial charge is 0.329 e. The third-order valence-corrected chi connectivity index (χ3v) is 3.57. The first-order valence-corrected chi connectivity index (χ1v) is 6.36. The highest BCUT2D eigenvalue weighted by Crippen LogP contribution is 2.34. The van der Waals surface area contributed by atoms with Crippen molar-refractivity contribution in [2.75, 3.05) is 13.1 Å². The molecular weight excluding hydrogens is 215 g/mol. The summed E-state index contributed by atoms with van der Waals surface area (Å²) in [6, 6.07) is 6.35. The van der Waals surface area contributed by atoms with E-state index < -0.39 is 0 Å². The maximum atomic E-state index is 14.1. The minimum atomic E-state index is -0.0670. The van der Waals surface area contributed by atoms with Gasteiger partial charge in [0.05, 0.1) is 0 Å². The Labute approximate surface area is 103 Å². The fourth-order valence-corrected chi connectivity index (χ4v) is 2.42. The van der Waals surface area contributed by atoms with Gasteiger partial charge in [-0.25, -0.2) is 4.39 Å². The van der Waals surface area contributed by atoms with Gasteiger partial charge in [-0.1, -0.05) is 18.2 Å². The standard InChI is InChI=1S/C14H21FN2/c1-10-4-3-5-13(14(10)15)11(2)17(9-8-16)12-6-7-12/h3-5,11-12H,6-9,16H2,1-2H3. The molecule has 1 atom stereocenters. The molecule has 0 bridgehead atoms. The van der Waals surface area contributed by atoms with Crippen LogP contribution >= 0.6 is 0 Å². The quantitative estimate of drug-likeness (QED) is 0.851. The van der Waals surface area contributed by atoms with Gasteiger partial charge in [0, 0.05) is 30.7 Å². The van der Waals surface area contributed by atoms with Crippen molar-refractivity contribution < 1.29 is 4.39 Å². The van der Waals surface area contributed by atoms with Crippen molar-refractivity contribution >= 4 is 0 Å². The summed E-state index contributed by atoms with van der Waals surface area (Å²) in [6.07, 6.45) is 2.44. The molecule has 0 spiro atoms. The molecule has 0 amide bonds. The highest BCUT2D eigenvalue weighted by Gasteiger charge is 2.33. The number of nitrogens with zero attached hydrogens (tertiary/aromatic N) is 1. The lowest BCUT2D eigenvalue weighted by molar-refractivity contribution is 0.202. The Morgan fingerprint density at radius 3 is 2.76 bits per heavy atom. The summed E-state index contributed by atoms with van der Waals surface area (Å²) in [5.74, 6) is -0.0670. The molecule has 1 aromatic rings. The fraction of sp³-hybridized carbons (Fsp3) is 0.571. The molecule has 0 aromatic heterocycles. The minimum Gasteiger partial charge on any atom is -0.329 e. The molecular formula is C14H21FN2. The number of hydrogen-bond donors (Lipinski definition) is 1. The SMILES string of the molecule is Cc1cccc(C(C)N(CCN)C2CC2)c1F. The van der Waals surface area contributed by atoms with Crippen molar-refractivity contribution in [2.45, 2.75) is 38.8 Å². The molecule has 3 heteroatoms. The average molecular weight is 236 g/mol. The van der Waals surface area contributed by atoms with Crippen molar-refractivity contribution in [1.29, 1.82) is 0 Å². The van der Waals surface area contributed by atoms with E-state index in [1.807, 2.05) is 25.1 Å². The van der Waals surface area contributed by atoms with Crippen LogP contribution in [0.1, 0.15) is 36.9 Å². The Balaban J connectivity index is 2.21. The van der Waals surface area contributed by atoms with Crippen LogP contribution in [-0.2, 0) is 0 Å². The Kier molecular flexibility index (Phi) is 3.79. The topological polar surface area (TPSA) is 29.3 Å². The summed E-state index contributed by atoms with van der Waals surface area (Å²) >= 11 is 0. The van der Waals surface area contributed by atoms with E-state index in [-0.39, 0.29) is 11.9 Å². The van der Waals surface area contributed by atoms with Crippen LogP contribution in [0.15, 0.2) is 18.2 Å². The van der Waals surface area contributed by atoms with Gasteiger partial charge in [-0.3, -0.25) is 4.90 Å². The second-order valence-electron chi connectivity index (χ2n) is 4.91. The Hall–Kier alpha value is -0.930. The molecule has 1 saturated carbocycles. The summed E-state index contributed by atoms with van der Waals surface area (Å²) in [6.45, 7) is 5.37. The third-order valence-electron chi connectivity index (χ3n) is 3.57. The Bertz CT molecular complexity index is 388. The van der Waals surface area contributed by atoms with E-state index in [1.165, 1.54) is 12.8 Å². The van der Waals surface area contributed by atoms with Crippen LogP contribution in [0.4, 0.5) is 4.39 Å². The molecule has 0 saturated heterocycles. The molecule has 0 heterocycles.